The first kappa shape index (κ1) is 9.82. The monoisotopic (exact) mass is 216 g/mol. The molecule has 3 nitrogen and oxygen atoms in total. The number of hydrogen-bond donors (Lipinski definition) is 2. The molecule has 1 aliphatic heterocycles. The summed E-state index contributed by atoms with van der Waals surface area (Å²) < 4.78 is 37.6. The van der Waals surface area contributed by atoms with Crippen LogP contribution in [0.5, 0.6) is 0 Å². The number of alkyl halides is 3. The smallest absolute Gasteiger partial charge is 0.374 e. The summed E-state index contributed by atoms with van der Waals surface area (Å²) in [6.45, 7) is -0.139. The lowest BCUT2D eigenvalue weighted by molar-refractivity contribution is -0.137. The Labute approximate surface area is 83.3 Å². The third-order valence-corrected chi connectivity index (χ3v) is 2.07. The lowest BCUT2D eigenvalue weighted by Gasteiger charge is -2.22. The summed E-state index contributed by atoms with van der Waals surface area (Å²) in [7, 11) is 0. The summed E-state index contributed by atoms with van der Waals surface area (Å²) in [6.07, 6.45) is -4.42. The number of nitrogens with one attached hydrogen (secondary N) is 2. The zero-order valence-corrected chi connectivity index (χ0v) is 7.48. The van der Waals surface area contributed by atoms with Gasteiger partial charge in [-0.1, -0.05) is 6.07 Å². The molecule has 2 N–H and O–H groups in total. The van der Waals surface area contributed by atoms with E-state index in [2.05, 4.69) is 10.6 Å². The van der Waals surface area contributed by atoms with E-state index in [9.17, 15) is 18.0 Å². The van der Waals surface area contributed by atoms with E-state index in [0.717, 1.165) is 6.07 Å². The fourth-order valence-corrected chi connectivity index (χ4v) is 1.45. The van der Waals surface area contributed by atoms with Crippen LogP contribution < -0.4 is 10.6 Å². The first-order chi connectivity index (χ1) is 6.98. The third kappa shape index (κ3) is 1.74. The van der Waals surface area contributed by atoms with E-state index in [0.29, 0.717) is 0 Å². The van der Waals surface area contributed by atoms with Crippen LogP contribution in [0.1, 0.15) is 5.56 Å². The Morgan fingerprint density at radius 3 is 2.67 bits per heavy atom. The topological polar surface area (TPSA) is 41.1 Å². The van der Waals surface area contributed by atoms with Crippen LogP contribution >= 0.6 is 0 Å². The van der Waals surface area contributed by atoms with Crippen molar-refractivity contribution in [3.63, 3.8) is 0 Å². The maximum absolute atomic E-state index is 12.5. The number of carbonyl (C=O) groups excluding carboxylic acids is 1. The van der Waals surface area contributed by atoms with Crippen molar-refractivity contribution in [3.8, 4) is 0 Å². The first-order valence-corrected chi connectivity index (χ1v) is 4.22. The van der Waals surface area contributed by atoms with Gasteiger partial charge in [0.05, 0.1) is 23.5 Å². The Kier molecular flexibility index (Phi) is 2.06. The van der Waals surface area contributed by atoms with Gasteiger partial charge in [-0.05, 0) is 12.1 Å². The standard InChI is InChI=1S/C9H7F3N2O/c10-9(11,12)5-2-1-3-6-8(5)13-4-7(15)14-6/h1-3,13H,4H2,(H,14,15). The molecule has 1 heterocycles. The fourth-order valence-electron chi connectivity index (χ4n) is 1.45. The normalized spacial score (nSPS) is 15.3. The molecule has 15 heavy (non-hydrogen) atoms. The van der Waals surface area contributed by atoms with E-state index in [-0.39, 0.29) is 23.8 Å². The summed E-state index contributed by atoms with van der Waals surface area (Å²) in [5.74, 6) is -0.346. The highest BCUT2D eigenvalue weighted by Crippen LogP contribution is 2.39. The molecule has 0 radical (unpaired) electrons. The Balaban J connectivity index is 2.51. The van der Waals surface area contributed by atoms with E-state index >= 15 is 0 Å². The SMILES string of the molecule is O=C1CNc2c(cccc2C(F)(F)F)N1. The average Bonchev–Trinajstić information content (AvgIpc) is 2.15. The van der Waals surface area contributed by atoms with Crippen molar-refractivity contribution in [1.29, 1.82) is 0 Å². The van der Waals surface area contributed by atoms with Gasteiger partial charge < -0.3 is 10.6 Å². The number of rotatable bonds is 0. The van der Waals surface area contributed by atoms with Gasteiger partial charge in [-0.15, -0.1) is 0 Å². The lowest BCUT2D eigenvalue weighted by atomic mass is 10.1. The van der Waals surface area contributed by atoms with Crippen LogP contribution in [0.2, 0.25) is 0 Å². The second-order valence-corrected chi connectivity index (χ2v) is 3.13. The molecule has 1 aromatic rings. The number of amides is 1. The molecule has 0 aromatic heterocycles. The van der Waals surface area contributed by atoms with Crippen LogP contribution in [0, 0.1) is 0 Å². The van der Waals surface area contributed by atoms with Crippen molar-refractivity contribution < 1.29 is 18.0 Å². The van der Waals surface area contributed by atoms with E-state index in [1.165, 1.54) is 12.1 Å². The van der Waals surface area contributed by atoms with Gasteiger partial charge in [0.1, 0.15) is 0 Å². The lowest BCUT2D eigenvalue weighted by Crippen LogP contribution is -2.29. The zero-order chi connectivity index (χ0) is 11.1. The molecule has 0 spiro atoms. The highest BCUT2D eigenvalue weighted by atomic mass is 19.4. The number of benzene rings is 1. The predicted molar refractivity (Wildman–Crippen MR) is 48.6 cm³/mol. The van der Waals surface area contributed by atoms with E-state index in [4.69, 9.17) is 0 Å². The molecule has 1 aliphatic rings. The molecule has 0 aliphatic carbocycles. The van der Waals surface area contributed by atoms with Crippen LogP contribution in [-0.4, -0.2) is 12.5 Å². The van der Waals surface area contributed by atoms with Gasteiger partial charge >= 0.3 is 6.18 Å². The van der Waals surface area contributed by atoms with Crippen LogP contribution in [0.15, 0.2) is 18.2 Å². The van der Waals surface area contributed by atoms with Crippen LogP contribution in [0.4, 0.5) is 24.5 Å². The first-order valence-electron chi connectivity index (χ1n) is 4.22. The number of anilines is 2. The number of hydrogen-bond acceptors (Lipinski definition) is 2. The van der Waals surface area contributed by atoms with Crippen LogP contribution in [0.25, 0.3) is 0 Å². The van der Waals surface area contributed by atoms with E-state index < -0.39 is 11.7 Å². The van der Waals surface area contributed by atoms with Crippen molar-refractivity contribution in [3.05, 3.63) is 23.8 Å². The van der Waals surface area contributed by atoms with Crippen LogP contribution in [0.3, 0.4) is 0 Å². The molecular weight excluding hydrogens is 209 g/mol. The Morgan fingerprint density at radius 2 is 2.00 bits per heavy atom. The van der Waals surface area contributed by atoms with Crippen molar-refractivity contribution in [2.45, 2.75) is 6.18 Å². The largest absolute Gasteiger partial charge is 0.418 e. The molecule has 0 bridgehead atoms. The molecule has 0 unspecified atom stereocenters. The van der Waals surface area contributed by atoms with Crippen molar-refractivity contribution >= 4 is 17.3 Å². The summed E-state index contributed by atoms with van der Waals surface area (Å²) in [5.41, 5.74) is -0.661. The van der Waals surface area contributed by atoms with Crippen molar-refractivity contribution in [2.75, 3.05) is 17.2 Å². The Hall–Kier alpha value is -1.72. The number of halogens is 3. The molecule has 1 amide bonds. The highest BCUT2D eigenvalue weighted by Gasteiger charge is 2.35. The summed E-state index contributed by atoms with van der Waals surface area (Å²) >= 11 is 0. The second kappa shape index (κ2) is 3.15. The van der Waals surface area contributed by atoms with E-state index in [1.807, 2.05) is 0 Å². The zero-order valence-electron chi connectivity index (χ0n) is 7.48. The predicted octanol–water partition coefficient (Wildman–Crippen LogP) is 2.07. The number of para-hydroxylation sites is 1. The van der Waals surface area contributed by atoms with E-state index in [1.54, 1.807) is 0 Å². The second-order valence-electron chi connectivity index (χ2n) is 3.13. The maximum atomic E-state index is 12.5. The van der Waals surface area contributed by atoms with Crippen molar-refractivity contribution in [2.24, 2.45) is 0 Å². The Bertz CT molecular complexity index is 414. The number of carbonyl (C=O) groups is 1. The van der Waals surface area contributed by atoms with Crippen molar-refractivity contribution in [1.82, 2.24) is 0 Å². The molecule has 0 saturated carbocycles. The summed E-state index contributed by atoms with van der Waals surface area (Å²) in [6, 6.07) is 3.66. The fraction of sp³-hybridized carbons (Fsp3) is 0.222. The van der Waals surface area contributed by atoms with Gasteiger partial charge in [-0.25, -0.2) is 0 Å². The molecule has 1 aromatic carbocycles. The molecular formula is C9H7F3N2O. The maximum Gasteiger partial charge on any atom is 0.418 e. The Morgan fingerprint density at radius 1 is 1.27 bits per heavy atom. The quantitative estimate of drug-likeness (QED) is 0.697. The molecule has 0 atom stereocenters. The highest BCUT2D eigenvalue weighted by molar-refractivity contribution is 6.01. The summed E-state index contributed by atoms with van der Waals surface area (Å²) in [5, 5.41) is 4.83. The summed E-state index contributed by atoms with van der Waals surface area (Å²) in [4.78, 5) is 10.9. The molecule has 0 saturated heterocycles. The van der Waals surface area contributed by atoms with Crippen LogP contribution in [-0.2, 0) is 11.0 Å². The molecule has 6 heteroatoms. The molecule has 0 fully saturated rings. The molecule has 80 valence electrons. The van der Waals surface area contributed by atoms with Gasteiger partial charge in [-0.2, -0.15) is 13.2 Å². The van der Waals surface area contributed by atoms with Gasteiger partial charge in [0.2, 0.25) is 5.91 Å². The minimum Gasteiger partial charge on any atom is -0.374 e. The minimum atomic E-state index is -4.42. The third-order valence-electron chi connectivity index (χ3n) is 2.07. The molecule has 2 rings (SSSR count). The van der Waals surface area contributed by atoms with Gasteiger partial charge in [0.15, 0.2) is 0 Å². The van der Waals surface area contributed by atoms with Gasteiger partial charge in [0, 0.05) is 0 Å². The van der Waals surface area contributed by atoms with Gasteiger partial charge in [0.25, 0.3) is 0 Å². The van der Waals surface area contributed by atoms with Gasteiger partial charge in [-0.3, -0.25) is 4.79 Å². The average molecular weight is 216 g/mol. The number of fused-ring (bicyclic) bond motifs is 1. The minimum absolute atomic E-state index is 0.0652.